The van der Waals surface area contributed by atoms with E-state index in [1.54, 1.807) is 0 Å². The molecule has 1 atom stereocenters. The van der Waals surface area contributed by atoms with Gasteiger partial charge in [0.1, 0.15) is 5.69 Å². The fourth-order valence-electron chi connectivity index (χ4n) is 3.63. The second-order valence-electron chi connectivity index (χ2n) is 6.53. The molecule has 5 N–H and O–H groups in total. The second kappa shape index (κ2) is 5.32. The molecule has 1 aromatic carbocycles. The van der Waals surface area contributed by atoms with Crippen LogP contribution in [-0.2, 0) is 42.5 Å². The molecule has 1 fully saturated rings. The number of esters is 2. The van der Waals surface area contributed by atoms with Gasteiger partial charge >= 0.3 is 17.7 Å². The summed E-state index contributed by atoms with van der Waals surface area (Å²) in [6, 6.07) is 5.41. The number of nitrogens with two attached hydrogens (primary N) is 2. The minimum Gasteiger partial charge on any atom is -0.408 e. The van der Waals surface area contributed by atoms with Gasteiger partial charge in [-0.05, 0) is 36.1 Å². The highest BCUT2D eigenvalue weighted by atomic mass is 16.8. The molecule has 1 aliphatic carbocycles. The summed E-state index contributed by atoms with van der Waals surface area (Å²) in [5, 5.41) is 0.908. The summed E-state index contributed by atoms with van der Waals surface area (Å²) in [7, 11) is 0. The molecule has 1 amide bonds. The van der Waals surface area contributed by atoms with Crippen molar-refractivity contribution >= 4 is 28.7 Å². The van der Waals surface area contributed by atoms with Crippen LogP contribution in [0, 0.1) is 0 Å². The number of carbonyl (C=O) groups is 3. The molecule has 25 heavy (non-hydrogen) atoms. The summed E-state index contributed by atoms with van der Waals surface area (Å²) in [5.74, 6) is -3.86. The lowest BCUT2D eigenvalue weighted by atomic mass is 9.87. The summed E-state index contributed by atoms with van der Waals surface area (Å²) in [4.78, 5) is 37.4. The van der Waals surface area contributed by atoms with E-state index < -0.39 is 17.7 Å². The van der Waals surface area contributed by atoms with Crippen molar-refractivity contribution in [2.75, 3.05) is 0 Å². The molecule has 1 aromatic heterocycles. The number of ether oxygens (including phenoxy) is 2. The SMILES string of the molecule is NC(=O)CCc1ccc2[nH]c3c(c2c1)CC(N)CC31OC(=O)C(=O)O1. The number of carbonyl (C=O) groups excluding carboxylic acids is 3. The first-order chi connectivity index (χ1) is 11.9. The van der Waals surface area contributed by atoms with E-state index in [-0.39, 0.29) is 24.8 Å². The molecule has 1 aliphatic heterocycles. The van der Waals surface area contributed by atoms with Crippen LogP contribution >= 0.6 is 0 Å². The number of aryl methyl sites for hydroxylation is 1. The zero-order valence-electron chi connectivity index (χ0n) is 13.3. The molecule has 1 saturated heterocycles. The van der Waals surface area contributed by atoms with Gasteiger partial charge in [0.25, 0.3) is 0 Å². The monoisotopic (exact) mass is 343 g/mol. The quantitative estimate of drug-likeness (QED) is 0.534. The summed E-state index contributed by atoms with van der Waals surface area (Å²) >= 11 is 0. The molecule has 0 saturated carbocycles. The molecular formula is C17H17N3O5. The van der Waals surface area contributed by atoms with Crippen LogP contribution in [0.1, 0.15) is 29.7 Å². The Morgan fingerprint density at radius 1 is 1.28 bits per heavy atom. The summed E-state index contributed by atoms with van der Waals surface area (Å²) in [6.07, 6.45) is 1.56. The Morgan fingerprint density at radius 3 is 2.68 bits per heavy atom. The third kappa shape index (κ3) is 2.45. The normalized spacial score (nSPS) is 21.2. The van der Waals surface area contributed by atoms with Crippen LogP contribution < -0.4 is 11.5 Å². The van der Waals surface area contributed by atoms with Gasteiger partial charge in [-0.15, -0.1) is 0 Å². The van der Waals surface area contributed by atoms with Crippen LogP contribution in [0.15, 0.2) is 18.2 Å². The Bertz CT molecular complexity index is 900. The number of H-pyrrole nitrogens is 1. The molecule has 2 aromatic rings. The molecule has 2 aliphatic rings. The van der Waals surface area contributed by atoms with Crippen LogP contribution in [-0.4, -0.2) is 28.9 Å². The molecule has 8 nitrogen and oxygen atoms in total. The van der Waals surface area contributed by atoms with Crippen LogP contribution in [0.25, 0.3) is 10.9 Å². The van der Waals surface area contributed by atoms with E-state index in [2.05, 4.69) is 4.98 Å². The van der Waals surface area contributed by atoms with Gasteiger partial charge in [0, 0.05) is 29.8 Å². The van der Waals surface area contributed by atoms with Gasteiger partial charge in [-0.1, -0.05) is 6.07 Å². The maximum absolute atomic E-state index is 11.6. The van der Waals surface area contributed by atoms with Gasteiger partial charge < -0.3 is 25.9 Å². The van der Waals surface area contributed by atoms with E-state index >= 15 is 0 Å². The number of rotatable bonds is 3. The zero-order valence-corrected chi connectivity index (χ0v) is 13.3. The van der Waals surface area contributed by atoms with Crippen molar-refractivity contribution in [3.05, 3.63) is 35.0 Å². The number of aromatic nitrogens is 1. The number of aromatic amines is 1. The van der Waals surface area contributed by atoms with Crippen molar-refractivity contribution in [3.63, 3.8) is 0 Å². The molecule has 1 spiro atoms. The Hall–Kier alpha value is -2.87. The van der Waals surface area contributed by atoms with Crippen molar-refractivity contribution in [2.45, 2.75) is 37.5 Å². The fraction of sp³-hybridized carbons (Fsp3) is 0.353. The number of fused-ring (bicyclic) bond motifs is 4. The Labute approximate surface area is 142 Å². The lowest BCUT2D eigenvalue weighted by Gasteiger charge is -2.32. The highest BCUT2D eigenvalue weighted by Crippen LogP contribution is 2.44. The number of hydrogen-bond donors (Lipinski definition) is 3. The lowest BCUT2D eigenvalue weighted by molar-refractivity contribution is -0.192. The standard InChI is InChI=1S/C17H17N3O5/c18-9-6-11-10-5-8(2-4-13(19)21)1-3-12(10)20-14(11)17(7-9)24-15(22)16(23)25-17/h1,3,5,9,20H,2,4,6-7,18H2,(H2,19,21). The van der Waals surface area contributed by atoms with E-state index in [1.165, 1.54) is 0 Å². The summed E-state index contributed by atoms with van der Waals surface area (Å²) < 4.78 is 10.5. The second-order valence-corrected chi connectivity index (χ2v) is 6.53. The number of benzene rings is 1. The number of nitrogens with one attached hydrogen (secondary N) is 1. The Kier molecular flexibility index (Phi) is 3.33. The minimum absolute atomic E-state index is 0.207. The molecule has 2 heterocycles. The minimum atomic E-state index is -1.48. The molecule has 0 radical (unpaired) electrons. The third-order valence-corrected chi connectivity index (χ3v) is 4.69. The molecule has 0 bridgehead atoms. The van der Waals surface area contributed by atoms with Gasteiger partial charge in [0.2, 0.25) is 5.91 Å². The van der Waals surface area contributed by atoms with E-state index in [9.17, 15) is 14.4 Å². The van der Waals surface area contributed by atoms with Gasteiger partial charge in [-0.3, -0.25) is 4.79 Å². The van der Waals surface area contributed by atoms with Crippen molar-refractivity contribution in [2.24, 2.45) is 11.5 Å². The number of hydrogen-bond acceptors (Lipinski definition) is 6. The van der Waals surface area contributed by atoms with Crippen molar-refractivity contribution in [1.29, 1.82) is 0 Å². The molecule has 130 valence electrons. The molecule has 4 rings (SSSR count). The van der Waals surface area contributed by atoms with E-state index in [0.29, 0.717) is 18.5 Å². The Balaban J connectivity index is 1.81. The third-order valence-electron chi connectivity index (χ3n) is 4.69. The zero-order chi connectivity index (χ0) is 17.8. The topological polar surface area (TPSA) is 138 Å². The van der Waals surface area contributed by atoms with Crippen LogP contribution in [0.4, 0.5) is 0 Å². The Morgan fingerprint density at radius 2 is 2.00 bits per heavy atom. The van der Waals surface area contributed by atoms with E-state index in [0.717, 1.165) is 22.0 Å². The lowest BCUT2D eigenvalue weighted by Crippen LogP contribution is -2.42. The fourth-order valence-corrected chi connectivity index (χ4v) is 3.63. The summed E-state index contributed by atoms with van der Waals surface area (Å²) in [5.41, 5.74) is 14.5. The number of primary amides is 1. The van der Waals surface area contributed by atoms with Gasteiger partial charge in [-0.25, -0.2) is 9.59 Å². The largest absolute Gasteiger partial charge is 0.421 e. The first-order valence-corrected chi connectivity index (χ1v) is 8.02. The number of amides is 1. The van der Waals surface area contributed by atoms with Crippen LogP contribution in [0.5, 0.6) is 0 Å². The van der Waals surface area contributed by atoms with Gasteiger partial charge in [-0.2, -0.15) is 0 Å². The smallest absolute Gasteiger partial charge is 0.408 e. The first kappa shape index (κ1) is 15.6. The summed E-state index contributed by atoms with van der Waals surface area (Å²) in [6.45, 7) is 0. The first-order valence-electron chi connectivity index (χ1n) is 8.02. The maximum Gasteiger partial charge on any atom is 0.421 e. The van der Waals surface area contributed by atoms with Gasteiger partial charge in [0.15, 0.2) is 0 Å². The predicted octanol–water partition coefficient (Wildman–Crippen LogP) is 0.112. The average molecular weight is 343 g/mol. The maximum atomic E-state index is 11.6. The molecule has 8 heteroatoms. The predicted molar refractivity (Wildman–Crippen MR) is 86.0 cm³/mol. The van der Waals surface area contributed by atoms with Crippen LogP contribution in [0.3, 0.4) is 0 Å². The van der Waals surface area contributed by atoms with E-state index in [1.807, 2.05) is 18.2 Å². The molecule has 1 unspecified atom stereocenters. The van der Waals surface area contributed by atoms with Crippen molar-refractivity contribution < 1.29 is 23.9 Å². The van der Waals surface area contributed by atoms with Crippen LogP contribution in [0.2, 0.25) is 0 Å². The average Bonchev–Trinajstić information content (AvgIpc) is 3.04. The molecular weight excluding hydrogens is 326 g/mol. The van der Waals surface area contributed by atoms with Crippen molar-refractivity contribution in [3.8, 4) is 0 Å². The van der Waals surface area contributed by atoms with Gasteiger partial charge in [0.05, 0.1) is 0 Å². The highest BCUT2D eigenvalue weighted by molar-refractivity contribution is 6.31. The highest BCUT2D eigenvalue weighted by Gasteiger charge is 2.55. The van der Waals surface area contributed by atoms with Crippen molar-refractivity contribution in [1.82, 2.24) is 4.98 Å². The van der Waals surface area contributed by atoms with E-state index in [4.69, 9.17) is 20.9 Å².